The van der Waals surface area contributed by atoms with Gasteiger partial charge in [-0.25, -0.2) is 4.39 Å². The number of nitriles is 1. The van der Waals surface area contributed by atoms with E-state index < -0.39 is 17.5 Å². The number of hydrogen-bond donors (Lipinski definition) is 0. The Morgan fingerprint density at radius 2 is 2.21 bits per heavy atom. The topological polar surface area (TPSA) is 53.3 Å². The van der Waals surface area contributed by atoms with Crippen molar-refractivity contribution in [1.82, 2.24) is 4.90 Å². The fourth-order valence-electron chi connectivity index (χ4n) is 1.65. The number of carbonyl (C=O) groups excluding carboxylic acids is 1. The van der Waals surface area contributed by atoms with Gasteiger partial charge in [0.15, 0.2) is 0 Å². The minimum absolute atomic E-state index is 0.0552. The molecule has 1 aliphatic carbocycles. The van der Waals surface area contributed by atoms with E-state index in [0.29, 0.717) is 26.3 Å². The second kappa shape index (κ2) is 3.21. The van der Waals surface area contributed by atoms with Gasteiger partial charge in [-0.3, -0.25) is 4.79 Å². The largest absolute Gasteiger partial charge is 0.378 e. The summed E-state index contributed by atoms with van der Waals surface area (Å²) >= 11 is 0. The predicted octanol–water partition coefficient (Wildman–Crippen LogP) is 0.0970. The van der Waals surface area contributed by atoms with Crippen LogP contribution in [0, 0.1) is 17.2 Å². The molecule has 0 aromatic rings. The normalized spacial score (nSPS) is 36.3. The molecule has 0 bridgehead atoms. The highest BCUT2D eigenvalue weighted by Gasteiger charge is 2.63. The van der Waals surface area contributed by atoms with Crippen LogP contribution in [0.15, 0.2) is 0 Å². The van der Waals surface area contributed by atoms with E-state index in [9.17, 15) is 9.18 Å². The first-order valence-corrected chi connectivity index (χ1v) is 4.64. The molecule has 2 aliphatic rings. The monoisotopic (exact) mass is 198 g/mol. The van der Waals surface area contributed by atoms with Crippen LogP contribution < -0.4 is 0 Å². The van der Waals surface area contributed by atoms with Crippen LogP contribution >= 0.6 is 0 Å². The third-order valence-corrected chi connectivity index (χ3v) is 2.70. The van der Waals surface area contributed by atoms with E-state index in [1.165, 1.54) is 4.90 Å². The van der Waals surface area contributed by atoms with Crippen LogP contribution in [0.4, 0.5) is 4.39 Å². The summed E-state index contributed by atoms with van der Waals surface area (Å²) in [5.41, 5.74) is -1.90. The molecule has 4 nitrogen and oxygen atoms in total. The van der Waals surface area contributed by atoms with Crippen LogP contribution in [0.25, 0.3) is 0 Å². The molecule has 0 spiro atoms. The molecule has 14 heavy (non-hydrogen) atoms. The summed E-state index contributed by atoms with van der Waals surface area (Å²) in [5.74, 6) is -1.27. The fourth-order valence-corrected chi connectivity index (χ4v) is 1.65. The van der Waals surface area contributed by atoms with Crippen molar-refractivity contribution in [1.29, 1.82) is 5.26 Å². The first-order valence-electron chi connectivity index (χ1n) is 4.64. The lowest BCUT2D eigenvalue weighted by atomic mass is 10.2. The van der Waals surface area contributed by atoms with E-state index in [-0.39, 0.29) is 6.42 Å². The number of ether oxygens (including phenoxy) is 1. The number of morpholine rings is 1. The lowest BCUT2D eigenvalue weighted by Crippen LogP contribution is -2.46. The van der Waals surface area contributed by atoms with Gasteiger partial charge in [-0.1, -0.05) is 0 Å². The molecule has 1 amide bonds. The minimum Gasteiger partial charge on any atom is -0.378 e. The number of nitrogens with zero attached hydrogens (tertiary/aromatic N) is 2. The van der Waals surface area contributed by atoms with Gasteiger partial charge in [0.1, 0.15) is 0 Å². The Balaban J connectivity index is 1.99. The molecule has 1 heterocycles. The van der Waals surface area contributed by atoms with Crippen LogP contribution in [0.1, 0.15) is 6.42 Å². The van der Waals surface area contributed by atoms with E-state index in [1.807, 2.05) is 0 Å². The maximum absolute atomic E-state index is 13.7. The minimum atomic E-state index is -1.90. The van der Waals surface area contributed by atoms with Crippen molar-refractivity contribution < 1.29 is 13.9 Å². The zero-order valence-corrected chi connectivity index (χ0v) is 7.70. The van der Waals surface area contributed by atoms with Crippen LogP contribution in [0.2, 0.25) is 0 Å². The first kappa shape index (κ1) is 9.41. The lowest BCUT2D eigenvalue weighted by Gasteiger charge is -2.28. The molecule has 5 heteroatoms. The number of alkyl halides is 1. The molecule has 0 unspecified atom stereocenters. The number of amides is 1. The quantitative estimate of drug-likeness (QED) is 0.600. The summed E-state index contributed by atoms with van der Waals surface area (Å²) in [6, 6.07) is 1.80. The summed E-state index contributed by atoms with van der Waals surface area (Å²) in [5, 5.41) is 8.50. The SMILES string of the molecule is N#C[C@@H]1C[C@]1(F)C(=O)N1CCOCC1. The van der Waals surface area contributed by atoms with Crippen LogP contribution in [-0.2, 0) is 9.53 Å². The van der Waals surface area contributed by atoms with E-state index >= 15 is 0 Å². The Kier molecular flexibility index (Phi) is 2.16. The Morgan fingerprint density at radius 3 is 2.71 bits per heavy atom. The first-order chi connectivity index (χ1) is 6.68. The fraction of sp³-hybridized carbons (Fsp3) is 0.778. The molecule has 1 saturated carbocycles. The van der Waals surface area contributed by atoms with Crippen molar-refractivity contribution in [2.75, 3.05) is 26.3 Å². The molecule has 2 rings (SSSR count). The Hall–Kier alpha value is -1.15. The second-order valence-corrected chi connectivity index (χ2v) is 3.65. The molecular formula is C9H11FN2O2. The summed E-state index contributed by atoms with van der Waals surface area (Å²) in [6.45, 7) is 1.78. The van der Waals surface area contributed by atoms with Gasteiger partial charge in [0.25, 0.3) is 5.91 Å². The third kappa shape index (κ3) is 1.36. The van der Waals surface area contributed by atoms with Crippen molar-refractivity contribution in [3.05, 3.63) is 0 Å². The molecule has 0 aromatic heterocycles. The molecule has 0 N–H and O–H groups in total. The van der Waals surface area contributed by atoms with Gasteiger partial charge in [-0.2, -0.15) is 5.26 Å². The summed E-state index contributed by atoms with van der Waals surface area (Å²) in [6.07, 6.45) is 0.0552. The second-order valence-electron chi connectivity index (χ2n) is 3.65. The highest BCUT2D eigenvalue weighted by Crippen LogP contribution is 2.48. The highest BCUT2D eigenvalue weighted by molar-refractivity contribution is 5.89. The standard InChI is InChI=1S/C9H11FN2O2/c10-9(5-7(9)6-11)8(13)12-1-3-14-4-2-12/h7H,1-5H2/t7-,9+/m0/s1. The molecular weight excluding hydrogens is 187 g/mol. The van der Waals surface area contributed by atoms with Gasteiger partial charge in [-0.15, -0.1) is 0 Å². The molecule has 0 radical (unpaired) electrons. The average Bonchev–Trinajstić information content (AvgIpc) is 2.91. The molecule has 2 atom stereocenters. The van der Waals surface area contributed by atoms with E-state index in [4.69, 9.17) is 10.00 Å². The summed E-state index contributed by atoms with van der Waals surface area (Å²) in [4.78, 5) is 13.0. The van der Waals surface area contributed by atoms with Gasteiger partial charge in [0.2, 0.25) is 5.67 Å². The summed E-state index contributed by atoms with van der Waals surface area (Å²) in [7, 11) is 0. The lowest BCUT2D eigenvalue weighted by molar-refractivity contribution is -0.142. The molecule has 1 saturated heterocycles. The van der Waals surface area contributed by atoms with Crippen LogP contribution in [0.3, 0.4) is 0 Å². The zero-order chi connectivity index (χ0) is 10.2. The zero-order valence-electron chi connectivity index (χ0n) is 7.70. The number of halogens is 1. The van der Waals surface area contributed by atoms with Crippen molar-refractivity contribution in [2.24, 2.45) is 5.92 Å². The van der Waals surface area contributed by atoms with Crippen LogP contribution in [-0.4, -0.2) is 42.8 Å². The Labute approximate surface area is 81.2 Å². The van der Waals surface area contributed by atoms with Gasteiger partial charge < -0.3 is 9.64 Å². The van der Waals surface area contributed by atoms with Gasteiger partial charge in [-0.05, 0) is 0 Å². The molecule has 0 aromatic carbocycles. The smallest absolute Gasteiger partial charge is 0.261 e. The van der Waals surface area contributed by atoms with E-state index in [0.717, 1.165) is 0 Å². The average molecular weight is 198 g/mol. The number of carbonyl (C=O) groups is 1. The predicted molar refractivity (Wildman–Crippen MR) is 45.0 cm³/mol. The van der Waals surface area contributed by atoms with Crippen molar-refractivity contribution in [3.63, 3.8) is 0 Å². The van der Waals surface area contributed by atoms with Gasteiger partial charge in [0.05, 0.1) is 25.2 Å². The molecule has 76 valence electrons. The molecule has 1 aliphatic heterocycles. The number of rotatable bonds is 1. The maximum atomic E-state index is 13.7. The van der Waals surface area contributed by atoms with Crippen LogP contribution in [0.5, 0.6) is 0 Å². The Bertz CT molecular complexity index is 296. The summed E-state index contributed by atoms with van der Waals surface area (Å²) < 4.78 is 18.7. The number of hydrogen-bond acceptors (Lipinski definition) is 3. The van der Waals surface area contributed by atoms with Gasteiger partial charge >= 0.3 is 0 Å². The van der Waals surface area contributed by atoms with Crippen molar-refractivity contribution >= 4 is 5.91 Å². The molecule has 2 fully saturated rings. The highest BCUT2D eigenvalue weighted by atomic mass is 19.1. The van der Waals surface area contributed by atoms with Gasteiger partial charge in [0, 0.05) is 19.5 Å². The van der Waals surface area contributed by atoms with Crippen molar-refractivity contribution in [2.45, 2.75) is 12.1 Å². The Morgan fingerprint density at radius 1 is 1.57 bits per heavy atom. The third-order valence-electron chi connectivity index (χ3n) is 2.70. The van der Waals surface area contributed by atoms with E-state index in [2.05, 4.69) is 0 Å². The van der Waals surface area contributed by atoms with Crippen molar-refractivity contribution in [3.8, 4) is 6.07 Å². The maximum Gasteiger partial charge on any atom is 0.261 e. The van der Waals surface area contributed by atoms with E-state index in [1.54, 1.807) is 6.07 Å².